The Bertz CT molecular complexity index is 2680. The molecular formula is C52H70N10O11S. The van der Waals surface area contributed by atoms with Gasteiger partial charge in [-0.05, 0) is 36.3 Å². The molecule has 1 aliphatic carbocycles. The minimum Gasteiger partial charge on any atom is -0.493 e. The summed E-state index contributed by atoms with van der Waals surface area (Å²) in [6, 6.07) is 10.3. The van der Waals surface area contributed by atoms with Gasteiger partial charge in [0, 0.05) is 74.1 Å². The lowest BCUT2D eigenvalue weighted by molar-refractivity contribution is -0.146. The first kappa shape index (κ1) is 55.3. The van der Waals surface area contributed by atoms with Crippen LogP contribution in [-0.2, 0) is 35.1 Å². The van der Waals surface area contributed by atoms with E-state index in [1.165, 1.54) is 19.1 Å². The van der Waals surface area contributed by atoms with E-state index in [9.17, 15) is 24.3 Å². The van der Waals surface area contributed by atoms with E-state index in [1.807, 2.05) is 57.5 Å². The Morgan fingerprint density at radius 2 is 1.61 bits per heavy atom. The molecule has 22 heteroatoms. The summed E-state index contributed by atoms with van der Waals surface area (Å²) in [5.74, 6) is -0.751. The first-order valence-electron chi connectivity index (χ1n) is 24.9. The first-order chi connectivity index (χ1) is 35.6. The van der Waals surface area contributed by atoms with Gasteiger partial charge in [0.2, 0.25) is 23.5 Å². The van der Waals surface area contributed by atoms with E-state index in [1.54, 1.807) is 40.3 Å². The molecule has 0 radical (unpaired) electrons. The van der Waals surface area contributed by atoms with Crippen molar-refractivity contribution in [1.82, 2.24) is 29.6 Å². The number of nitrogens with two attached hydrogens (primary N) is 2. The predicted molar refractivity (Wildman–Crippen MR) is 279 cm³/mol. The highest BCUT2D eigenvalue weighted by atomic mass is 32.1. The number of ketones is 1. The molecule has 8 N–H and O–H groups in total. The van der Waals surface area contributed by atoms with Gasteiger partial charge in [-0.2, -0.15) is 4.98 Å². The van der Waals surface area contributed by atoms with Crippen LogP contribution in [0.1, 0.15) is 80.9 Å². The lowest BCUT2D eigenvalue weighted by Gasteiger charge is -2.34. The fraction of sp³-hybridized carbons (Fsp3) is 0.519. The summed E-state index contributed by atoms with van der Waals surface area (Å²) in [4.78, 5) is 69.5. The number of amides is 3. The van der Waals surface area contributed by atoms with Gasteiger partial charge in [-0.1, -0.05) is 57.9 Å². The number of β-amino-alcohol motifs (C(OH)–C–C–N with tert-alkyl or cyclic N) is 1. The zero-order valence-corrected chi connectivity index (χ0v) is 43.8. The van der Waals surface area contributed by atoms with Gasteiger partial charge in [-0.25, -0.2) is 9.97 Å². The van der Waals surface area contributed by atoms with Crippen molar-refractivity contribution >= 4 is 57.9 Å². The number of aryl methyl sites for hydroxylation is 1. The number of hydrogen-bond donors (Lipinski definition) is 6. The number of thiazole rings is 1. The number of aromatic nitrogens is 4. The summed E-state index contributed by atoms with van der Waals surface area (Å²) in [7, 11) is 2.99. The third-order valence-electron chi connectivity index (χ3n) is 13.2. The van der Waals surface area contributed by atoms with Crippen molar-refractivity contribution in [2.75, 3.05) is 77.6 Å². The van der Waals surface area contributed by atoms with Crippen molar-refractivity contribution in [3.8, 4) is 27.7 Å². The molecule has 5 aromatic rings. The molecule has 3 aromatic heterocycles. The monoisotopic (exact) mass is 1040 g/mol. The molecule has 400 valence electrons. The highest BCUT2D eigenvalue weighted by Crippen LogP contribution is 2.42. The van der Waals surface area contributed by atoms with Crippen LogP contribution >= 0.6 is 11.3 Å². The highest BCUT2D eigenvalue weighted by molar-refractivity contribution is 7.13. The number of imidazole rings is 1. The van der Waals surface area contributed by atoms with E-state index in [4.69, 9.17) is 44.9 Å². The van der Waals surface area contributed by atoms with Crippen LogP contribution in [0.5, 0.6) is 17.2 Å². The standard InChI is InChI=1S/C52H70N10O11S/c1-31-45(74-30-57-31)33-13-11-32(12-14-33)27-56-49(66)40-26-35(63)28-62(40)50(67)37(52(2,3)4)25-36(64)29-72-20-19-70-17-18-71-21-22-73-44-41(68-5)23-34(24-42(44)69-6)58-47-43(46(54)65)48-55-15-16-61(48)51(60-47)59-39-10-8-7-9-38(39)53/h11-16,23-24,30,35,37-40,58,63H,7-10,17-22,25-29,53H2,1-6H3,(H2,54,65)(H,56,66)(H,59,60)/t35-,37-,38-,39+,40+/m1/s1. The molecule has 7 rings (SSSR count). The molecular weight excluding hydrogens is 973 g/mol. The van der Waals surface area contributed by atoms with Crippen molar-refractivity contribution < 1.29 is 52.7 Å². The van der Waals surface area contributed by atoms with Crippen LogP contribution in [-0.4, -0.2) is 144 Å². The minimum atomic E-state index is -0.866. The van der Waals surface area contributed by atoms with Crippen LogP contribution in [0.3, 0.4) is 0 Å². The summed E-state index contributed by atoms with van der Waals surface area (Å²) >= 11 is 1.57. The lowest BCUT2D eigenvalue weighted by atomic mass is 9.77. The van der Waals surface area contributed by atoms with Crippen molar-refractivity contribution in [2.24, 2.45) is 22.8 Å². The molecule has 1 aliphatic heterocycles. The second-order valence-corrected chi connectivity index (χ2v) is 20.4. The van der Waals surface area contributed by atoms with Crippen LogP contribution in [0.2, 0.25) is 0 Å². The Morgan fingerprint density at radius 3 is 2.24 bits per heavy atom. The number of benzene rings is 2. The van der Waals surface area contributed by atoms with Crippen molar-refractivity contribution in [1.29, 1.82) is 0 Å². The molecule has 5 atom stereocenters. The average Bonchev–Trinajstić information content (AvgIpc) is 4.14. The SMILES string of the molecule is COc1cc(Nc2nc(N[C@H]3CCCC[C@H]3N)n3ccnc3c2C(N)=O)cc(OC)c1OCCOCCOCCOCC(=O)C[C@H](C(=O)N1C[C@H](O)C[C@H]1C(=O)NCc1ccc(-c2scnc2C)cc1)C(C)(C)C. The summed E-state index contributed by atoms with van der Waals surface area (Å²) in [5, 5.41) is 20.2. The van der Waals surface area contributed by atoms with Gasteiger partial charge in [0.15, 0.2) is 28.7 Å². The number of nitrogens with zero attached hydrogens (tertiary/aromatic N) is 5. The molecule has 0 unspecified atom stereocenters. The van der Waals surface area contributed by atoms with Gasteiger partial charge in [0.25, 0.3) is 5.91 Å². The third-order valence-corrected chi connectivity index (χ3v) is 14.2. The van der Waals surface area contributed by atoms with E-state index in [0.29, 0.717) is 34.5 Å². The zero-order valence-electron chi connectivity index (χ0n) is 43.0. The number of aliphatic hydroxyl groups is 1. The summed E-state index contributed by atoms with van der Waals surface area (Å²) in [6.45, 7) is 8.90. The largest absolute Gasteiger partial charge is 0.493 e. The van der Waals surface area contributed by atoms with Crippen molar-refractivity contribution in [3.05, 3.63) is 71.1 Å². The topological polar surface area (TPSA) is 278 Å². The van der Waals surface area contributed by atoms with Gasteiger partial charge in [-0.15, -0.1) is 11.3 Å². The second-order valence-electron chi connectivity index (χ2n) is 19.5. The van der Waals surface area contributed by atoms with E-state index in [0.717, 1.165) is 47.4 Å². The van der Waals surface area contributed by atoms with E-state index in [2.05, 4.69) is 25.9 Å². The molecule has 1 saturated heterocycles. The number of ether oxygens (including phenoxy) is 6. The summed E-state index contributed by atoms with van der Waals surface area (Å²) in [5.41, 5.74) is 17.3. The van der Waals surface area contributed by atoms with Crippen LogP contribution in [0, 0.1) is 18.3 Å². The van der Waals surface area contributed by atoms with Crippen molar-refractivity contribution in [2.45, 2.75) is 97.0 Å². The number of carbonyl (C=O) groups excluding carboxylic acids is 4. The molecule has 4 heterocycles. The van der Waals surface area contributed by atoms with Crippen LogP contribution in [0.15, 0.2) is 54.3 Å². The van der Waals surface area contributed by atoms with Crippen LogP contribution in [0.25, 0.3) is 16.1 Å². The van der Waals surface area contributed by atoms with Crippen molar-refractivity contribution in [3.63, 3.8) is 0 Å². The van der Waals surface area contributed by atoms with Gasteiger partial charge in [-0.3, -0.25) is 23.6 Å². The van der Waals surface area contributed by atoms with Gasteiger partial charge in [0.1, 0.15) is 24.8 Å². The summed E-state index contributed by atoms with van der Waals surface area (Å²) < 4.78 is 36.0. The Hall–Kier alpha value is -6.43. The third kappa shape index (κ3) is 14.0. The molecule has 3 amide bonds. The minimum absolute atomic E-state index is 0.00396. The fourth-order valence-corrected chi connectivity index (χ4v) is 9.99. The lowest BCUT2D eigenvalue weighted by Crippen LogP contribution is -2.50. The number of hydrogen-bond acceptors (Lipinski definition) is 18. The predicted octanol–water partition coefficient (Wildman–Crippen LogP) is 5.03. The normalized spacial score (nSPS) is 18.2. The highest BCUT2D eigenvalue weighted by Gasteiger charge is 2.44. The molecule has 2 fully saturated rings. The number of methoxy groups -OCH3 is 2. The number of fused-ring (bicyclic) bond motifs is 1. The Morgan fingerprint density at radius 1 is 0.932 bits per heavy atom. The Balaban J connectivity index is 0.817. The Kier molecular flexibility index (Phi) is 19.2. The van der Waals surface area contributed by atoms with E-state index in [-0.39, 0.29) is 113 Å². The van der Waals surface area contributed by atoms with Crippen LogP contribution in [0.4, 0.5) is 17.5 Å². The van der Waals surface area contributed by atoms with E-state index < -0.39 is 29.4 Å². The number of anilines is 3. The maximum atomic E-state index is 14.1. The van der Waals surface area contributed by atoms with Gasteiger partial charge in [0.05, 0.1) is 69.4 Å². The zero-order chi connectivity index (χ0) is 52.9. The number of Topliss-reactive ketones (excluding diaryl/α,β-unsaturated/α-hetero) is 1. The molecule has 1 saturated carbocycles. The summed E-state index contributed by atoms with van der Waals surface area (Å²) in [6.07, 6.45) is 6.33. The molecule has 0 bridgehead atoms. The van der Waals surface area contributed by atoms with Gasteiger partial charge < -0.3 is 65.8 Å². The number of likely N-dealkylation sites (tertiary alicyclic amines) is 1. The first-order valence-corrected chi connectivity index (χ1v) is 25.8. The fourth-order valence-electron chi connectivity index (χ4n) is 9.18. The number of carbonyl (C=O) groups is 4. The maximum absolute atomic E-state index is 14.1. The van der Waals surface area contributed by atoms with Crippen LogP contribution < -0.4 is 41.6 Å². The molecule has 2 aliphatic rings. The second kappa shape index (κ2) is 25.7. The Labute approximate surface area is 435 Å². The maximum Gasteiger partial charge on any atom is 0.256 e. The number of primary amides is 1. The smallest absolute Gasteiger partial charge is 0.256 e. The quantitative estimate of drug-likeness (QED) is 0.0396. The molecule has 2 aromatic carbocycles. The molecule has 21 nitrogen and oxygen atoms in total. The van der Waals surface area contributed by atoms with E-state index >= 15 is 0 Å². The average molecular weight is 1040 g/mol. The molecule has 74 heavy (non-hydrogen) atoms. The number of aliphatic hydroxyl groups excluding tert-OH is 1. The molecule has 0 spiro atoms. The number of nitrogens with one attached hydrogen (secondary N) is 3. The number of rotatable bonds is 26. The van der Waals surface area contributed by atoms with Gasteiger partial charge >= 0.3 is 0 Å².